The predicted molar refractivity (Wildman–Crippen MR) is 84.7 cm³/mol. The maximum Gasteiger partial charge on any atom is 0.376 e. The highest BCUT2D eigenvalue weighted by Gasteiger charge is 2.76. The van der Waals surface area contributed by atoms with Gasteiger partial charge in [0.25, 0.3) is 0 Å². The SMILES string of the molecule is C=C[C@]1(O[Si](C)(C)C)C[C@H]2C(=O)C(=O)O[C@]21c1ccccc1. The summed E-state index contributed by atoms with van der Waals surface area (Å²) in [7, 11) is -1.94. The Hall–Kier alpha value is -1.72. The van der Waals surface area contributed by atoms with E-state index >= 15 is 0 Å². The Labute approximate surface area is 131 Å². The van der Waals surface area contributed by atoms with E-state index in [1.165, 1.54) is 0 Å². The van der Waals surface area contributed by atoms with Crippen LogP contribution in [0.25, 0.3) is 0 Å². The van der Waals surface area contributed by atoms with Crippen LogP contribution in [0.15, 0.2) is 43.0 Å². The molecular weight excluding hydrogens is 296 g/mol. The van der Waals surface area contributed by atoms with E-state index in [-0.39, 0.29) is 0 Å². The van der Waals surface area contributed by atoms with Crippen molar-refractivity contribution in [2.45, 2.75) is 37.3 Å². The summed E-state index contributed by atoms with van der Waals surface area (Å²) in [5.74, 6) is -1.71. The number of carbonyl (C=O) groups is 2. The highest BCUT2D eigenvalue weighted by atomic mass is 28.4. The van der Waals surface area contributed by atoms with Crippen molar-refractivity contribution in [1.29, 1.82) is 0 Å². The van der Waals surface area contributed by atoms with Gasteiger partial charge < -0.3 is 9.16 Å². The first kappa shape index (κ1) is 15.2. The minimum absolute atomic E-state index is 0.445. The van der Waals surface area contributed by atoms with Gasteiger partial charge in [-0.2, -0.15) is 0 Å². The molecule has 0 bridgehead atoms. The van der Waals surface area contributed by atoms with Gasteiger partial charge in [-0.05, 0) is 31.6 Å². The summed E-state index contributed by atoms with van der Waals surface area (Å²) < 4.78 is 12.0. The molecule has 1 aliphatic heterocycles. The van der Waals surface area contributed by atoms with E-state index in [0.717, 1.165) is 5.56 Å². The third-order valence-corrected chi connectivity index (χ3v) is 5.40. The van der Waals surface area contributed by atoms with Gasteiger partial charge in [0.05, 0.1) is 5.92 Å². The Morgan fingerprint density at radius 2 is 1.91 bits per heavy atom. The van der Waals surface area contributed by atoms with E-state index in [4.69, 9.17) is 9.16 Å². The predicted octanol–water partition coefficient (Wildman–Crippen LogP) is 2.80. The molecule has 1 aromatic carbocycles. The molecule has 1 aromatic rings. The number of carbonyl (C=O) groups excluding carboxylic acids is 2. The van der Waals surface area contributed by atoms with E-state index in [1.54, 1.807) is 6.08 Å². The number of ether oxygens (including phenoxy) is 1. The van der Waals surface area contributed by atoms with Gasteiger partial charge in [0.1, 0.15) is 5.60 Å². The Bertz CT molecular complexity index is 648. The molecule has 116 valence electrons. The quantitative estimate of drug-likeness (QED) is 0.371. The largest absolute Gasteiger partial charge is 0.444 e. The second-order valence-corrected chi connectivity index (χ2v) is 11.3. The standard InChI is InChI=1S/C17H20O4Si/c1-5-16(21-22(2,3)4)11-13-14(18)15(19)20-17(13,16)12-9-7-6-8-10-12/h5-10,13H,1,11H2,2-4H3/t13-,16-,17+/m0/s1. The molecule has 0 spiro atoms. The third-order valence-electron chi connectivity index (χ3n) is 4.42. The molecule has 2 fully saturated rings. The van der Waals surface area contributed by atoms with E-state index in [0.29, 0.717) is 6.42 Å². The maximum absolute atomic E-state index is 12.2. The van der Waals surface area contributed by atoms with Crippen LogP contribution < -0.4 is 0 Å². The summed E-state index contributed by atoms with van der Waals surface area (Å²) in [6, 6.07) is 9.39. The topological polar surface area (TPSA) is 52.6 Å². The number of fused-ring (bicyclic) bond motifs is 1. The zero-order valence-corrected chi connectivity index (χ0v) is 14.1. The number of Topliss-reactive ketones (excluding diaryl/α,β-unsaturated/α-hetero) is 1. The van der Waals surface area contributed by atoms with Gasteiger partial charge >= 0.3 is 5.97 Å². The van der Waals surface area contributed by atoms with Crippen LogP contribution in [0.2, 0.25) is 19.6 Å². The van der Waals surface area contributed by atoms with E-state index in [2.05, 4.69) is 26.2 Å². The lowest BCUT2D eigenvalue weighted by atomic mass is 9.54. The smallest absolute Gasteiger partial charge is 0.376 e. The monoisotopic (exact) mass is 316 g/mol. The van der Waals surface area contributed by atoms with Crippen molar-refractivity contribution in [3.8, 4) is 0 Å². The van der Waals surface area contributed by atoms with E-state index in [9.17, 15) is 9.59 Å². The van der Waals surface area contributed by atoms with Crippen molar-refractivity contribution < 1.29 is 18.8 Å². The van der Waals surface area contributed by atoms with Crippen LogP contribution in [0, 0.1) is 5.92 Å². The molecule has 5 heteroatoms. The number of ketones is 1. The van der Waals surface area contributed by atoms with Gasteiger partial charge in [-0.25, -0.2) is 4.79 Å². The first-order chi connectivity index (χ1) is 10.3. The molecule has 3 atom stereocenters. The van der Waals surface area contributed by atoms with Gasteiger partial charge in [0.15, 0.2) is 13.9 Å². The molecule has 0 aromatic heterocycles. The molecule has 0 unspecified atom stereocenters. The van der Waals surface area contributed by atoms with E-state index < -0.39 is 37.2 Å². The molecule has 22 heavy (non-hydrogen) atoms. The van der Waals surface area contributed by atoms with Crippen LogP contribution in [-0.4, -0.2) is 25.7 Å². The highest BCUT2D eigenvalue weighted by molar-refractivity contribution is 6.69. The number of esters is 1. The summed E-state index contributed by atoms with van der Waals surface area (Å²) in [5.41, 5.74) is -1.10. The second-order valence-electron chi connectivity index (χ2n) is 6.92. The zero-order valence-electron chi connectivity index (χ0n) is 13.1. The first-order valence-corrected chi connectivity index (χ1v) is 10.8. The molecule has 0 amide bonds. The number of rotatable bonds is 4. The third kappa shape index (κ3) is 1.85. The summed E-state index contributed by atoms with van der Waals surface area (Å²) >= 11 is 0. The average molecular weight is 316 g/mol. The van der Waals surface area contributed by atoms with Crippen molar-refractivity contribution in [3.63, 3.8) is 0 Å². The van der Waals surface area contributed by atoms with Gasteiger partial charge in [-0.1, -0.05) is 36.4 Å². The maximum atomic E-state index is 12.2. The van der Waals surface area contributed by atoms with Gasteiger partial charge in [-0.3, -0.25) is 4.79 Å². The number of benzene rings is 1. The fourth-order valence-corrected chi connectivity index (χ4v) is 5.08. The average Bonchev–Trinajstić information content (AvgIpc) is 2.67. The fraction of sp³-hybridized carbons (Fsp3) is 0.412. The minimum atomic E-state index is -1.94. The lowest BCUT2D eigenvalue weighted by Gasteiger charge is -2.58. The van der Waals surface area contributed by atoms with Gasteiger partial charge in [0, 0.05) is 0 Å². The van der Waals surface area contributed by atoms with E-state index in [1.807, 2.05) is 30.3 Å². The fourth-order valence-electron chi connectivity index (χ4n) is 3.67. The molecule has 2 aliphatic rings. The van der Waals surface area contributed by atoms with Crippen LogP contribution in [0.3, 0.4) is 0 Å². The van der Waals surface area contributed by atoms with Crippen molar-refractivity contribution in [2.75, 3.05) is 0 Å². The molecular formula is C17H20O4Si. The summed E-state index contributed by atoms with van der Waals surface area (Å²) in [5, 5.41) is 0. The molecule has 1 saturated carbocycles. The Morgan fingerprint density at radius 1 is 1.27 bits per heavy atom. The normalized spacial score (nSPS) is 33.9. The van der Waals surface area contributed by atoms with Crippen molar-refractivity contribution >= 4 is 20.1 Å². The molecule has 1 aliphatic carbocycles. The van der Waals surface area contributed by atoms with Crippen LogP contribution >= 0.6 is 0 Å². The Balaban J connectivity index is 2.16. The summed E-state index contributed by atoms with van der Waals surface area (Å²) in [4.78, 5) is 24.1. The Kier molecular flexibility index (Phi) is 3.20. The van der Waals surface area contributed by atoms with Gasteiger partial charge in [-0.15, -0.1) is 6.58 Å². The van der Waals surface area contributed by atoms with Crippen LogP contribution in [0.5, 0.6) is 0 Å². The highest BCUT2D eigenvalue weighted by Crippen LogP contribution is 2.63. The molecule has 1 heterocycles. The van der Waals surface area contributed by atoms with Crippen molar-refractivity contribution in [3.05, 3.63) is 48.6 Å². The molecule has 0 N–H and O–H groups in total. The molecule has 3 rings (SSSR count). The van der Waals surface area contributed by atoms with Crippen LogP contribution in [0.4, 0.5) is 0 Å². The van der Waals surface area contributed by atoms with Gasteiger partial charge in [0.2, 0.25) is 5.78 Å². The summed E-state index contributed by atoms with van der Waals surface area (Å²) in [6.45, 7) is 10.1. The lowest BCUT2D eigenvalue weighted by molar-refractivity contribution is -0.220. The Morgan fingerprint density at radius 3 is 2.41 bits per heavy atom. The zero-order chi connectivity index (χ0) is 16.2. The molecule has 4 nitrogen and oxygen atoms in total. The van der Waals surface area contributed by atoms with Crippen LogP contribution in [0.1, 0.15) is 12.0 Å². The summed E-state index contributed by atoms with van der Waals surface area (Å²) in [6.07, 6.45) is 2.15. The lowest BCUT2D eigenvalue weighted by Crippen LogP contribution is -2.68. The first-order valence-electron chi connectivity index (χ1n) is 7.42. The molecule has 0 radical (unpaired) electrons. The number of hydrogen-bond donors (Lipinski definition) is 0. The van der Waals surface area contributed by atoms with Crippen LogP contribution in [-0.2, 0) is 24.4 Å². The minimum Gasteiger partial charge on any atom is -0.444 e. The molecule has 1 saturated heterocycles. The van der Waals surface area contributed by atoms with Crippen molar-refractivity contribution in [2.24, 2.45) is 5.92 Å². The second kappa shape index (κ2) is 4.63. The number of hydrogen-bond acceptors (Lipinski definition) is 4. The van der Waals surface area contributed by atoms with Crippen molar-refractivity contribution in [1.82, 2.24) is 0 Å².